The van der Waals surface area contributed by atoms with E-state index in [0.29, 0.717) is 23.2 Å². The minimum atomic E-state index is -0.171. The van der Waals surface area contributed by atoms with Gasteiger partial charge in [-0.15, -0.1) is 0 Å². The lowest BCUT2D eigenvalue weighted by Gasteiger charge is -2.35. The number of hydrogen-bond acceptors (Lipinski definition) is 4. The highest BCUT2D eigenvalue weighted by Crippen LogP contribution is 2.27. The molecule has 2 atom stereocenters. The molecular formula is C19H20ClN5O. The summed E-state index contributed by atoms with van der Waals surface area (Å²) in [5.41, 5.74) is 2.43. The highest BCUT2D eigenvalue weighted by molar-refractivity contribution is 6.38. The van der Waals surface area contributed by atoms with E-state index in [0.717, 1.165) is 35.3 Å². The molecule has 1 fully saturated rings. The van der Waals surface area contributed by atoms with Gasteiger partial charge in [-0.1, -0.05) is 11.6 Å². The standard InChI is InChI=1S/C19H20ClN5O/c1-11-23-8-12(9-24-11)15(17-5-7-22-17)10-25-19(26)14-2-3-16-13(18(14)20)4-6-21-16/h2-4,6,8-9,15,17,21-22H,5,7,10H2,1H3,(H,25,26). The van der Waals surface area contributed by atoms with Crippen LogP contribution in [-0.4, -0.2) is 40.0 Å². The van der Waals surface area contributed by atoms with Crippen LogP contribution in [0.3, 0.4) is 0 Å². The van der Waals surface area contributed by atoms with Crippen LogP contribution < -0.4 is 10.6 Å². The van der Waals surface area contributed by atoms with Crippen molar-refractivity contribution >= 4 is 28.4 Å². The summed E-state index contributed by atoms with van der Waals surface area (Å²) in [7, 11) is 0. The smallest absolute Gasteiger partial charge is 0.252 e. The summed E-state index contributed by atoms with van der Waals surface area (Å²) in [6.07, 6.45) is 6.58. The first-order chi connectivity index (χ1) is 12.6. The van der Waals surface area contributed by atoms with Crippen molar-refractivity contribution in [2.45, 2.75) is 25.3 Å². The molecule has 0 saturated carbocycles. The van der Waals surface area contributed by atoms with E-state index in [1.54, 1.807) is 6.07 Å². The normalized spacial score (nSPS) is 17.7. The van der Waals surface area contributed by atoms with Crippen molar-refractivity contribution in [1.82, 2.24) is 25.6 Å². The van der Waals surface area contributed by atoms with Crippen LogP contribution in [0.1, 0.15) is 34.1 Å². The molecule has 3 N–H and O–H groups in total. The van der Waals surface area contributed by atoms with Gasteiger partial charge in [-0.05, 0) is 43.7 Å². The van der Waals surface area contributed by atoms with Gasteiger partial charge in [0.2, 0.25) is 0 Å². The lowest BCUT2D eigenvalue weighted by Crippen LogP contribution is -2.50. The number of carbonyl (C=O) groups excluding carboxylic acids is 1. The van der Waals surface area contributed by atoms with Crippen molar-refractivity contribution in [2.75, 3.05) is 13.1 Å². The van der Waals surface area contributed by atoms with E-state index in [9.17, 15) is 4.79 Å². The van der Waals surface area contributed by atoms with Gasteiger partial charge in [-0.2, -0.15) is 0 Å². The van der Waals surface area contributed by atoms with Crippen molar-refractivity contribution in [1.29, 1.82) is 0 Å². The zero-order valence-electron chi connectivity index (χ0n) is 14.4. The molecule has 1 aliphatic rings. The maximum absolute atomic E-state index is 12.7. The molecule has 0 radical (unpaired) electrons. The third-order valence-corrected chi connectivity index (χ3v) is 5.38. The SMILES string of the molecule is Cc1ncc(C(CNC(=O)c2ccc3[nH]ccc3c2Cl)C2CCN2)cn1. The summed E-state index contributed by atoms with van der Waals surface area (Å²) in [6.45, 7) is 3.36. The molecular weight excluding hydrogens is 350 g/mol. The number of hydrogen-bond donors (Lipinski definition) is 3. The number of rotatable bonds is 5. The number of aromatic nitrogens is 3. The van der Waals surface area contributed by atoms with Crippen LogP contribution in [0.5, 0.6) is 0 Å². The Kier molecular flexibility index (Phi) is 4.61. The molecule has 6 nitrogen and oxygen atoms in total. The summed E-state index contributed by atoms with van der Waals surface area (Å²) in [6, 6.07) is 5.82. The Balaban J connectivity index is 1.52. The topological polar surface area (TPSA) is 82.7 Å². The van der Waals surface area contributed by atoms with Crippen LogP contribution in [0.15, 0.2) is 36.8 Å². The predicted molar refractivity (Wildman–Crippen MR) is 102 cm³/mol. The minimum absolute atomic E-state index is 0.128. The van der Waals surface area contributed by atoms with E-state index >= 15 is 0 Å². The minimum Gasteiger partial charge on any atom is -0.361 e. The lowest BCUT2D eigenvalue weighted by atomic mass is 9.87. The van der Waals surface area contributed by atoms with Crippen molar-refractivity contribution < 1.29 is 4.79 Å². The second kappa shape index (κ2) is 7.05. The number of nitrogens with zero attached hydrogens (tertiary/aromatic N) is 2. The number of benzene rings is 1. The molecule has 4 rings (SSSR count). The fourth-order valence-electron chi connectivity index (χ4n) is 3.31. The fraction of sp³-hybridized carbons (Fsp3) is 0.316. The Morgan fingerprint density at radius 2 is 2.12 bits per heavy atom. The Morgan fingerprint density at radius 1 is 1.35 bits per heavy atom. The van der Waals surface area contributed by atoms with Gasteiger partial charge in [-0.25, -0.2) is 9.97 Å². The molecule has 0 aliphatic carbocycles. The number of H-pyrrole nitrogens is 1. The number of aryl methyl sites for hydroxylation is 1. The maximum Gasteiger partial charge on any atom is 0.252 e. The molecule has 1 amide bonds. The first-order valence-electron chi connectivity index (χ1n) is 8.69. The summed E-state index contributed by atoms with van der Waals surface area (Å²) in [4.78, 5) is 24.4. The van der Waals surface area contributed by atoms with Gasteiger partial charge in [-0.3, -0.25) is 4.79 Å². The van der Waals surface area contributed by atoms with E-state index in [-0.39, 0.29) is 11.8 Å². The Hall–Kier alpha value is -2.44. The third-order valence-electron chi connectivity index (χ3n) is 4.97. The van der Waals surface area contributed by atoms with Crippen molar-refractivity contribution in [3.05, 3.63) is 58.8 Å². The number of fused-ring (bicyclic) bond motifs is 1. The molecule has 0 spiro atoms. The summed E-state index contributed by atoms with van der Waals surface area (Å²) in [5, 5.41) is 7.77. The van der Waals surface area contributed by atoms with Gasteiger partial charge < -0.3 is 15.6 Å². The second-order valence-corrected chi connectivity index (χ2v) is 6.97. The average molecular weight is 370 g/mol. The van der Waals surface area contributed by atoms with E-state index in [4.69, 9.17) is 11.6 Å². The molecule has 3 heterocycles. The van der Waals surface area contributed by atoms with Crippen LogP contribution in [0, 0.1) is 6.92 Å². The Labute approximate surface area is 156 Å². The molecule has 3 aromatic rings. The molecule has 1 saturated heterocycles. The fourth-order valence-corrected chi connectivity index (χ4v) is 3.62. The molecule has 134 valence electrons. The number of nitrogens with one attached hydrogen (secondary N) is 3. The number of halogens is 1. The summed E-state index contributed by atoms with van der Waals surface area (Å²) >= 11 is 6.42. The lowest BCUT2D eigenvalue weighted by molar-refractivity contribution is 0.0947. The zero-order chi connectivity index (χ0) is 18.1. The summed E-state index contributed by atoms with van der Waals surface area (Å²) < 4.78 is 0. The van der Waals surface area contributed by atoms with Gasteiger partial charge in [0.25, 0.3) is 5.91 Å². The molecule has 2 unspecified atom stereocenters. The first kappa shape index (κ1) is 17.0. The van der Waals surface area contributed by atoms with Gasteiger partial charge >= 0.3 is 0 Å². The van der Waals surface area contributed by atoms with Gasteiger partial charge in [0, 0.05) is 48.0 Å². The van der Waals surface area contributed by atoms with Crippen LogP contribution >= 0.6 is 11.6 Å². The number of amides is 1. The van der Waals surface area contributed by atoms with Crippen LogP contribution in [0.4, 0.5) is 0 Å². The quantitative estimate of drug-likeness (QED) is 0.645. The molecule has 2 aromatic heterocycles. The van der Waals surface area contributed by atoms with Crippen molar-refractivity contribution in [2.24, 2.45) is 0 Å². The van der Waals surface area contributed by atoms with Crippen molar-refractivity contribution in [3.8, 4) is 0 Å². The van der Waals surface area contributed by atoms with Crippen molar-refractivity contribution in [3.63, 3.8) is 0 Å². The van der Waals surface area contributed by atoms with Crippen LogP contribution in [-0.2, 0) is 0 Å². The largest absolute Gasteiger partial charge is 0.361 e. The van der Waals surface area contributed by atoms with E-state index in [1.807, 2.05) is 37.6 Å². The van der Waals surface area contributed by atoms with Gasteiger partial charge in [0.1, 0.15) is 5.82 Å². The van der Waals surface area contributed by atoms with E-state index in [1.165, 1.54) is 0 Å². The molecule has 26 heavy (non-hydrogen) atoms. The molecule has 1 aliphatic heterocycles. The monoisotopic (exact) mass is 369 g/mol. The van der Waals surface area contributed by atoms with Crippen LogP contribution in [0.2, 0.25) is 5.02 Å². The molecule has 1 aromatic carbocycles. The highest BCUT2D eigenvalue weighted by atomic mass is 35.5. The Bertz CT molecular complexity index is 933. The number of aromatic amines is 1. The van der Waals surface area contributed by atoms with E-state index in [2.05, 4.69) is 25.6 Å². The van der Waals surface area contributed by atoms with Crippen LogP contribution in [0.25, 0.3) is 10.9 Å². The molecule has 0 bridgehead atoms. The van der Waals surface area contributed by atoms with Gasteiger partial charge in [0.05, 0.1) is 10.6 Å². The maximum atomic E-state index is 12.7. The summed E-state index contributed by atoms with van der Waals surface area (Å²) in [5.74, 6) is 0.697. The zero-order valence-corrected chi connectivity index (χ0v) is 15.2. The first-order valence-corrected chi connectivity index (χ1v) is 9.07. The highest BCUT2D eigenvalue weighted by Gasteiger charge is 2.29. The Morgan fingerprint density at radius 3 is 2.81 bits per heavy atom. The number of carbonyl (C=O) groups is 1. The average Bonchev–Trinajstić information content (AvgIpc) is 3.07. The second-order valence-electron chi connectivity index (χ2n) is 6.60. The van der Waals surface area contributed by atoms with Gasteiger partial charge in [0.15, 0.2) is 0 Å². The van der Waals surface area contributed by atoms with E-state index < -0.39 is 0 Å². The third kappa shape index (κ3) is 3.18. The molecule has 7 heteroatoms. The predicted octanol–water partition coefficient (Wildman–Crippen LogP) is 2.80.